The Labute approximate surface area is 163 Å². The van der Waals surface area contributed by atoms with Gasteiger partial charge in [0.2, 0.25) is 0 Å². The van der Waals surface area contributed by atoms with E-state index < -0.39 is 0 Å². The molecule has 0 atom stereocenters. The second-order valence-corrected chi connectivity index (χ2v) is 7.05. The van der Waals surface area contributed by atoms with Gasteiger partial charge in [0.05, 0.1) is 16.8 Å². The number of anilines is 2. The summed E-state index contributed by atoms with van der Waals surface area (Å²) in [4.78, 5) is 26.4. The average Bonchev–Trinajstić information content (AvgIpc) is 2.88. The van der Waals surface area contributed by atoms with Crippen LogP contribution in [-0.4, -0.2) is 11.8 Å². The van der Waals surface area contributed by atoms with Crippen LogP contribution in [0.3, 0.4) is 0 Å². The van der Waals surface area contributed by atoms with Crippen molar-refractivity contribution in [2.75, 3.05) is 10.6 Å². The number of amides is 2. The SMILES string of the molecule is Nc1ccc(Oc2ccc(N3C(=O)c4ccc(I)cc4C3=O)cc2)cc1. The molecule has 0 unspecified atom stereocenters. The van der Waals surface area contributed by atoms with Crippen LogP contribution in [0.2, 0.25) is 0 Å². The molecule has 1 heterocycles. The van der Waals surface area contributed by atoms with E-state index in [1.165, 1.54) is 4.90 Å². The highest BCUT2D eigenvalue weighted by molar-refractivity contribution is 14.1. The van der Waals surface area contributed by atoms with Crippen LogP contribution in [-0.2, 0) is 0 Å². The molecule has 128 valence electrons. The Morgan fingerprint density at radius 2 is 1.35 bits per heavy atom. The van der Waals surface area contributed by atoms with Gasteiger partial charge in [-0.2, -0.15) is 0 Å². The Hall–Kier alpha value is -2.87. The summed E-state index contributed by atoms with van der Waals surface area (Å²) in [5.41, 5.74) is 7.69. The number of ether oxygens (including phenoxy) is 1. The molecule has 0 saturated heterocycles. The van der Waals surface area contributed by atoms with Gasteiger partial charge in [0.25, 0.3) is 11.8 Å². The number of nitrogen functional groups attached to an aromatic ring is 1. The number of nitrogens with two attached hydrogens (primary N) is 1. The normalized spacial score (nSPS) is 13.0. The lowest BCUT2D eigenvalue weighted by molar-refractivity contribution is 0.0926. The predicted octanol–water partition coefficient (Wildman–Crippen LogP) is 4.47. The minimum Gasteiger partial charge on any atom is -0.457 e. The molecule has 1 aliphatic heterocycles. The van der Waals surface area contributed by atoms with Gasteiger partial charge in [-0.3, -0.25) is 9.59 Å². The molecule has 1 aliphatic rings. The molecule has 0 spiro atoms. The quantitative estimate of drug-likeness (QED) is 0.359. The Morgan fingerprint density at radius 3 is 2.00 bits per heavy atom. The maximum Gasteiger partial charge on any atom is 0.266 e. The fourth-order valence-corrected chi connectivity index (χ4v) is 3.27. The minimum absolute atomic E-state index is 0.310. The number of carbonyl (C=O) groups excluding carboxylic acids is 2. The van der Waals surface area contributed by atoms with E-state index in [1.54, 1.807) is 60.7 Å². The summed E-state index contributed by atoms with van der Waals surface area (Å²) in [5.74, 6) is 0.635. The van der Waals surface area contributed by atoms with Crippen LogP contribution >= 0.6 is 22.6 Å². The molecule has 0 radical (unpaired) electrons. The van der Waals surface area contributed by atoms with Crippen molar-refractivity contribution in [2.24, 2.45) is 0 Å². The highest BCUT2D eigenvalue weighted by Gasteiger charge is 2.36. The highest BCUT2D eigenvalue weighted by Crippen LogP contribution is 2.31. The summed E-state index contributed by atoms with van der Waals surface area (Å²) in [6, 6.07) is 19.1. The molecule has 3 aromatic carbocycles. The molecule has 0 saturated carbocycles. The minimum atomic E-state index is -0.311. The van der Waals surface area contributed by atoms with Gasteiger partial charge in [-0.05, 0) is 89.3 Å². The van der Waals surface area contributed by atoms with Crippen molar-refractivity contribution in [1.29, 1.82) is 0 Å². The number of hydrogen-bond acceptors (Lipinski definition) is 4. The number of nitrogens with zero attached hydrogens (tertiary/aromatic N) is 1. The van der Waals surface area contributed by atoms with Crippen LogP contribution in [0.4, 0.5) is 11.4 Å². The van der Waals surface area contributed by atoms with Gasteiger partial charge in [0.15, 0.2) is 0 Å². The van der Waals surface area contributed by atoms with E-state index in [2.05, 4.69) is 22.6 Å². The van der Waals surface area contributed by atoms with Crippen LogP contribution < -0.4 is 15.4 Å². The molecule has 2 N–H and O–H groups in total. The first-order valence-electron chi connectivity index (χ1n) is 7.85. The number of imide groups is 1. The molecule has 4 rings (SSSR count). The molecule has 0 aliphatic carbocycles. The summed E-state index contributed by atoms with van der Waals surface area (Å²) in [7, 11) is 0. The number of hydrogen-bond donors (Lipinski definition) is 1. The molecule has 3 aromatic rings. The number of carbonyl (C=O) groups is 2. The van der Waals surface area contributed by atoms with E-state index >= 15 is 0 Å². The maximum absolute atomic E-state index is 12.6. The molecule has 2 amide bonds. The number of rotatable bonds is 3. The van der Waals surface area contributed by atoms with Gasteiger partial charge in [-0.25, -0.2) is 4.90 Å². The fraction of sp³-hybridized carbons (Fsp3) is 0. The summed E-state index contributed by atoms with van der Waals surface area (Å²) in [5, 5.41) is 0. The van der Waals surface area contributed by atoms with Gasteiger partial charge >= 0.3 is 0 Å². The third-order valence-electron chi connectivity index (χ3n) is 4.06. The van der Waals surface area contributed by atoms with Crippen molar-refractivity contribution in [3.05, 3.63) is 81.4 Å². The molecular weight excluding hydrogens is 443 g/mol. The topological polar surface area (TPSA) is 72.6 Å². The molecule has 6 heteroatoms. The van der Waals surface area contributed by atoms with Crippen LogP contribution in [0, 0.1) is 3.57 Å². The molecule has 0 fully saturated rings. The second kappa shape index (κ2) is 6.45. The van der Waals surface area contributed by atoms with Gasteiger partial charge in [0, 0.05) is 9.26 Å². The monoisotopic (exact) mass is 456 g/mol. The smallest absolute Gasteiger partial charge is 0.266 e. The lowest BCUT2D eigenvalue weighted by Gasteiger charge is -2.14. The van der Waals surface area contributed by atoms with E-state index in [4.69, 9.17) is 10.5 Å². The maximum atomic E-state index is 12.6. The van der Waals surface area contributed by atoms with E-state index in [9.17, 15) is 9.59 Å². The molecule has 5 nitrogen and oxygen atoms in total. The van der Waals surface area contributed by atoms with Crippen molar-refractivity contribution in [3.8, 4) is 11.5 Å². The molecular formula is C20H13IN2O3. The van der Waals surface area contributed by atoms with E-state index in [0.29, 0.717) is 34.0 Å². The molecule has 0 aromatic heterocycles. The Kier molecular flexibility index (Phi) is 4.12. The fourth-order valence-electron chi connectivity index (χ4n) is 2.78. The lowest BCUT2D eigenvalue weighted by atomic mass is 10.1. The zero-order valence-electron chi connectivity index (χ0n) is 13.5. The van der Waals surface area contributed by atoms with E-state index in [-0.39, 0.29) is 11.8 Å². The van der Waals surface area contributed by atoms with Crippen LogP contribution in [0.5, 0.6) is 11.5 Å². The van der Waals surface area contributed by atoms with Gasteiger partial charge in [-0.15, -0.1) is 0 Å². The lowest BCUT2D eigenvalue weighted by Crippen LogP contribution is -2.29. The van der Waals surface area contributed by atoms with Crippen LogP contribution in [0.1, 0.15) is 20.7 Å². The largest absolute Gasteiger partial charge is 0.457 e. The van der Waals surface area contributed by atoms with Crippen molar-refractivity contribution in [3.63, 3.8) is 0 Å². The highest BCUT2D eigenvalue weighted by atomic mass is 127. The zero-order valence-corrected chi connectivity index (χ0v) is 15.6. The van der Waals surface area contributed by atoms with Gasteiger partial charge in [-0.1, -0.05) is 0 Å². The second-order valence-electron chi connectivity index (χ2n) is 5.80. The zero-order chi connectivity index (χ0) is 18.3. The van der Waals surface area contributed by atoms with Crippen molar-refractivity contribution >= 4 is 45.8 Å². The summed E-state index contributed by atoms with van der Waals surface area (Å²) in [6.07, 6.45) is 0. The number of halogens is 1. The van der Waals surface area contributed by atoms with Gasteiger partial charge < -0.3 is 10.5 Å². The van der Waals surface area contributed by atoms with E-state index in [0.717, 1.165) is 3.57 Å². The number of benzene rings is 3. The standard InChI is InChI=1S/C20H13IN2O3/c21-12-1-10-17-18(11-12)20(25)23(19(17)24)14-4-8-16(9-5-14)26-15-6-2-13(22)3-7-15/h1-11H,22H2. The summed E-state index contributed by atoms with van der Waals surface area (Å²) < 4.78 is 6.65. The molecule has 0 bridgehead atoms. The summed E-state index contributed by atoms with van der Waals surface area (Å²) in [6.45, 7) is 0. The molecule has 26 heavy (non-hydrogen) atoms. The Bertz CT molecular complexity index is 1010. The third-order valence-corrected chi connectivity index (χ3v) is 4.73. The van der Waals surface area contributed by atoms with Crippen LogP contribution in [0.25, 0.3) is 0 Å². The predicted molar refractivity (Wildman–Crippen MR) is 108 cm³/mol. The van der Waals surface area contributed by atoms with E-state index in [1.807, 2.05) is 6.07 Å². The number of fused-ring (bicyclic) bond motifs is 1. The Morgan fingerprint density at radius 1 is 0.769 bits per heavy atom. The summed E-state index contributed by atoms with van der Waals surface area (Å²) >= 11 is 2.12. The first kappa shape index (κ1) is 16.6. The van der Waals surface area contributed by atoms with Crippen molar-refractivity contribution in [1.82, 2.24) is 0 Å². The Balaban J connectivity index is 1.58. The van der Waals surface area contributed by atoms with Crippen LogP contribution in [0.15, 0.2) is 66.7 Å². The first-order chi connectivity index (χ1) is 12.5. The van der Waals surface area contributed by atoms with Crippen molar-refractivity contribution < 1.29 is 14.3 Å². The first-order valence-corrected chi connectivity index (χ1v) is 8.92. The van der Waals surface area contributed by atoms with Crippen molar-refractivity contribution in [2.45, 2.75) is 0 Å². The van der Waals surface area contributed by atoms with Gasteiger partial charge in [0.1, 0.15) is 11.5 Å². The third kappa shape index (κ3) is 2.92. The average molecular weight is 456 g/mol.